The van der Waals surface area contributed by atoms with Gasteiger partial charge in [-0.25, -0.2) is 13.1 Å². The fourth-order valence-electron chi connectivity index (χ4n) is 5.33. The zero-order valence-electron chi connectivity index (χ0n) is 20.0. The summed E-state index contributed by atoms with van der Waals surface area (Å²) in [7, 11) is -1.96. The van der Waals surface area contributed by atoms with Gasteiger partial charge in [-0.15, -0.1) is 0 Å². The first-order valence-corrected chi connectivity index (χ1v) is 13.5. The van der Waals surface area contributed by atoms with Crippen molar-refractivity contribution in [3.63, 3.8) is 0 Å². The Labute approximate surface area is 210 Å². The summed E-state index contributed by atoms with van der Waals surface area (Å²) in [6, 6.07) is 16.9. The van der Waals surface area contributed by atoms with Gasteiger partial charge in [-0.2, -0.15) is 0 Å². The third-order valence-corrected chi connectivity index (χ3v) is 8.59. The Kier molecular flexibility index (Phi) is 5.99. The summed E-state index contributed by atoms with van der Waals surface area (Å²) in [6.07, 6.45) is 1.79. The summed E-state index contributed by atoms with van der Waals surface area (Å²) in [5.41, 5.74) is 4.92. The average Bonchev–Trinajstić information content (AvgIpc) is 3.37. The van der Waals surface area contributed by atoms with Gasteiger partial charge in [0.05, 0.1) is 12.0 Å². The van der Waals surface area contributed by atoms with E-state index >= 15 is 0 Å². The number of methoxy groups -OCH3 is 1. The lowest BCUT2D eigenvalue weighted by atomic mass is 9.83. The van der Waals surface area contributed by atoms with Crippen molar-refractivity contribution < 1.29 is 27.4 Å². The molecule has 0 saturated heterocycles. The molecule has 0 amide bonds. The van der Waals surface area contributed by atoms with E-state index in [1.807, 2.05) is 6.07 Å². The first kappa shape index (κ1) is 23.1. The van der Waals surface area contributed by atoms with Crippen molar-refractivity contribution in [3.05, 3.63) is 76.9 Å². The van der Waals surface area contributed by atoms with Gasteiger partial charge >= 0.3 is 0 Å². The number of hydrogen-bond donors (Lipinski definition) is 1. The van der Waals surface area contributed by atoms with E-state index in [1.54, 1.807) is 37.4 Å². The Morgan fingerprint density at radius 2 is 1.86 bits per heavy atom. The molecule has 6 rings (SSSR count). The van der Waals surface area contributed by atoms with Crippen molar-refractivity contribution in [2.75, 3.05) is 33.6 Å². The highest BCUT2D eigenvalue weighted by Gasteiger charge is 2.35. The first-order chi connectivity index (χ1) is 17.5. The zero-order chi connectivity index (χ0) is 24.7. The molecule has 3 aliphatic heterocycles. The average molecular weight is 509 g/mol. The fourth-order valence-corrected chi connectivity index (χ4v) is 6.36. The second-order valence-electron chi connectivity index (χ2n) is 9.14. The lowest BCUT2D eigenvalue weighted by Gasteiger charge is -2.42. The molecule has 3 aliphatic rings. The van der Waals surface area contributed by atoms with Gasteiger partial charge < -0.3 is 18.9 Å². The Bertz CT molecular complexity index is 1390. The Morgan fingerprint density at radius 3 is 2.67 bits per heavy atom. The van der Waals surface area contributed by atoms with Gasteiger partial charge in [0, 0.05) is 31.2 Å². The van der Waals surface area contributed by atoms with Crippen molar-refractivity contribution in [2.45, 2.75) is 30.3 Å². The molecule has 1 unspecified atom stereocenters. The zero-order valence-corrected chi connectivity index (χ0v) is 20.8. The number of rotatable bonds is 7. The largest absolute Gasteiger partial charge is 0.493 e. The number of benzene rings is 3. The molecule has 1 atom stereocenters. The van der Waals surface area contributed by atoms with Crippen molar-refractivity contribution in [2.24, 2.45) is 0 Å². The highest BCUT2D eigenvalue weighted by molar-refractivity contribution is 7.89. The number of hydrogen-bond acceptors (Lipinski definition) is 7. The minimum absolute atomic E-state index is 0.150. The van der Waals surface area contributed by atoms with Crippen molar-refractivity contribution in [1.82, 2.24) is 9.62 Å². The molecule has 0 aromatic heterocycles. The lowest BCUT2D eigenvalue weighted by molar-refractivity contribution is 0.156. The monoisotopic (exact) mass is 508 g/mol. The predicted octanol–water partition coefficient (Wildman–Crippen LogP) is 3.44. The number of nitrogens with zero attached hydrogens (tertiary/aromatic N) is 1. The van der Waals surface area contributed by atoms with Crippen LogP contribution in [-0.2, 0) is 29.4 Å². The van der Waals surface area contributed by atoms with Gasteiger partial charge in [-0.1, -0.05) is 24.3 Å². The van der Waals surface area contributed by atoms with E-state index in [9.17, 15) is 8.42 Å². The van der Waals surface area contributed by atoms with E-state index in [0.717, 1.165) is 43.0 Å². The van der Waals surface area contributed by atoms with Crippen LogP contribution in [0, 0.1) is 0 Å². The Balaban J connectivity index is 1.21. The molecule has 8 nitrogen and oxygen atoms in total. The fraction of sp³-hybridized carbons (Fsp3) is 0.333. The van der Waals surface area contributed by atoms with E-state index in [1.165, 1.54) is 16.7 Å². The van der Waals surface area contributed by atoms with E-state index in [0.29, 0.717) is 11.5 Å². The molecule has 0 bridgehead atoms. The maximum Gasteiger partial charge on any atom is 0.240 e. The lowest BCUT2D eigenvalue weighted by Crippen LogP contribution is -2.39. The van der Waals surface area contributed by atoms with Gasteiger partial charge in [0.2, 0.25) is 16.8 Å². The second-order valence-corrected chi connectivity index (χ2v) is 10.9. The topological polar surface area (TPSA) is 86.3 Å². The Morgan fingerprint density at radius 1 is 1.06 bits per heavy atom. The first-order valence-electron chi connectivity index (χ1n) is 12.1. The van der Waals surface area contributed by atoms with Crippen LogP contribution in [-0.4, -0.2) is 46.9 Å². The Hall–Kier alpha value is -3.27. The van der Waals surface area contributed by atoms with Gasteiger partial charge in [-0.3, -0.25) is 4.90 Å². The summed E-state index contributed by atoms with van der Waals surface area (Å²) >= 11 is 0. The summed E-state index contributed by atoms with van der Waals surface area (Å²) < 4.78 is 50.6. The minimum Gasteiger partial charge on any atom is -0.493 e. The predicted molar refractivity (Wildman–Crippen MR) is 133 cm³/mol. The normalized spacial score (nSPS) is 18.2. The molecule has 0 radical (unpaired) electrons. The molecule has 188 valence electrons. The van der Waals surface area contributed by atoms with Crippen LogP contribution >= 0.6 is 0 Å². The molecule has 36 heavy (non-hydrogen) atoms. The van der Waals surface area contributed by atoms with Crippen LogP contribution in [0.3, 0.4) is 0 Å². The third kappa shape index (κ3) is 4.17. The van der Waals surface area contributed by atoms with Gasteiger partial charge in [0.1, 0.15) is 6.61 Å². The molecule has 3 heterocycles. The van der Waals surface area contributed by atoms with Crippen LogP contribution in [0.25, 0.3) is 0 Å². The van der Waals surface area contributed by atoms with Crippen LogP contribution in [0.15, 0.2) is 59.5 Å². The summed E-state index contributed by atoms with van der Waals surface area (Å²) in [5, 5.41) is 0. The molecule has 9 heteroatoms. The van der Waals surface area contributed by atoms with E-state index in [-0.39, 0.29) is 30.9 Å². The molecular formula is C27H28N2O6S. The molecule has 3 aromatic carbocycles. The van der Waals surface area contributed by atoms with Gasteiger partial charge in [0.15, 0.2) is 23.0 Å². The number of ether oxygens (including phenoxy) is 4. The number of sulfonamides is 1. The van der Waals surface area contributed by atoms with E-state index in [2.05, 4.69) is 27.8 Å². The van der Waals surface area contributed by atoms with E-state index < -0.39 is 10.0 Å². The van der Waals surface area contributed by atoms with Gasteiger partial charge in [-0.05, 0) is 59.9 Å². The number of fused-ring (bicyclic) bond motifs is 5. The van der Waals surface area contributed by atoms with Crippen LogP contribution in [0.4, 0.5) is 0 Å². The van der Waals surface area contributed by atoms with Crippen LogP contribution in [0.2, 0.25) is 0 Å². The second kappa shape index (κ2) is 9.31. The van der Waals surface area contributed by atoms with Gasteiger partial charge in [0.25, 0.3) is 0 Å². The minimum atomic E-state index is -3.59. The molecule has 1 N–H and O–H groups in total. The van der Waals surface area contributed by atoms with Crippen LogP contribution < -0.4 is 23.7 Å². The molecule has 0 aliphatic carbocycles. The molecule has 0 fully saturated rings. The maximum absolute atomic E-state index is 12.5. The molecule has 3 aromatic rings. The van der Waals surface area contributed by atoms with Crippen molar-refractivity contribution in [1.29, 1.82) is 0 Å². The van der Waals surface area contributed by atoms with Crippen molar-refractivity contribution >= 4 is 10.0 Å². The maximum atomic E-state index is 12.5. The number of nitrogens with one attached hydrogen (secondary N) is 1. The molecule has 0 spiro atoms. The third-order valence-electron chi connectivity index (χ3n) is 7.11. The van der Waals surface area contributed by atoms with E-state index in [4.69, 9.17) is 18.9 Å². The SMILES string of the molecule is COc1ccc2c(c1OCCNS(=O)(=O)c1ccccc1)CN1CCc3cc4c(cc3C1C2)OCO4. The highest BCUT2D eigenvalue weighted by Crippen LogP contribution is 2.46. The van der Waals surface area contributed by atoms with Crippen LogP contribution in [0.5, 0.6) is 23.0 Å². The summed E-state index contributed by atoms with van der Waals surface area (Å²) in [6.45, 7) is 2.28. The molecule has 0 saturated carbocycles. The van der Waals surface area contributed by atoms with Crippen LogP contribution in [0.1, 0.15) is 28.3 Å². The summed E-state index contributed by atoms with van der Waals surface area (Å²) in [5.74, 6) is 2.99. The standard InChI is InChI=1S/C27H28N2O6S/c1-32-24-8-7-18-13-23-21-15-26-25(34-17-35-26)14-19(21)9-11-29(23)16-22(18)27(24)33-12-10-28-36(30,31)20-5-3-2-4-6-20/h2-8,14-15,23,28H,9-13,16-17H2,1H3. The van der Waals surface area contributed by atoms with Crippen molar-refractivity contribution in [3.8, 4) is 23.0 Å². The highest BCUT2D eigenvalue weighted by atomic mass is 32.2. The quantitative estimate of drug-likeness (QED) is 0.490. The summed E-state index contributed by atoms with van der Waals surface area (Å²) in [4.78, 5) is 2.70. The smallest absolute Gasteiger partial charge is 0.240 e. The molecular weight excluding hydrogens is 480 g/mol.